The molecule has 1 saturated heterocycles. The van der Waals surface area contributed by atoms with Gasteiger partial charge in [-0.15, -0.1) is 0 Å². The second kappa shape index (κ2) is 6.45. The fourth-order valence-electron chi connectivity index (χ4n) is 1.93. The van der Waals surface area contributed by atoms with Crippen LogP contribution in [0.2, 0.25) is 0 Å². The molecule has 2 nitrogen and oxygen atoms in total. The van der Waals surface area contributed by atoms with E-state index in [0.717, 1.165) is 32.3 Å². The van der Waals surface area contributed by atoms with E-state index in [2.05, 4.69) is 0 Å². The molecule has 0 aromatic carbocycles. The molecule has 0 bridgehead atoms. The van der Waals surface area contributed by atoms with Gasteiger partial charge in [0.1, 0.15) is 0 Å². The predicted octanol–water partition coefficient (Wildman–Crippen LogP) is 3.04. The lowest BCUT2D eigenvalue weighted by molar-refractivity contribution is -0.140. The summed E-state index contributed by atoms with van der Waals surface area (Å²) in [4.78, 5) is 0. The van der Waals surface area contributed by atoms with Gasteiger partial charge in [-0.1, -0.05) is 0 Å². The number of ether oxygens (including phenoxy) is 1. The van der Waals surface area contributed by atoms with Gasteiger partial charge in [0.2, 0.25) is 0 Å². The standard InChI is InChI=1S/C11H19F3O2/c12-11(13,14)7-6-9(15)3-1-4-10-5-2-8-16-10/h9-10,15H,1-8H2. The number of hydrogen-bond donors (Lipinski definition) is 1. The lowest BCUT2D eigenvalue weighted by atomic mass is 10.0. The summed E-state index contributed by atoms with van der Waals surface area (Å²) >= 11 is 0. The van der Waals surface area contributed by atoms with Crippen LogP contribution in [-0.4, -0.2) is 30.1 Å². The molecule has 0 amide bonds. The van der Waals surface area contributed by atoms with Crippen LogP contribution in [0.25, 0.3) is 0 Å². The van der Waals surface area contributed by atoms with Gasteiger partial charge in [0.05, 0.1) is 12.2 Å². The SMILES string of the molecule is OC(CCCC1CCCO1)CCC(F)(F)F. The fourth-order valence-corrected chi connectivity index (χ4v) is 1.93. The Morgan fingerprint density at radius 1 is 1.31 bits per heavy atom. The quantitative estimate of drug-likeness (QED) is 0.773. The van der Waals surface area contributed by atoms with Crippen molar-refractivity contribution in [1.82, 2.24) is 0 Å². The van der Waals surface area contributed by atoms with E-state index in [0.29, 0.717) is 6.42 Å². The van der Waals surface area contributed by atoms with E-state index in [1.165, 1.54) is 0 Å². The van der Waals surface area contributed by atoms with E-state index >= 15 is 0 Å². The molecule has 2 unspecified atom stereocenters. The zero-order valence-corrected chi connectivity index (χ0v) is 9.30. The minimum atomic E-state index is -4.16. The molecule has 1 heterocycles. The number of aliphatic hydroxyl groups excluding tert-OH is 1. The van der Waals surface area contributed by atoms with Crippen molar-refractivity contribution in [3.63, 3.8) is 0 Å². The summed E-state index contributed by atoms with van der Waals surface area (Å²) in [6.45, 7) is 0.793. The number of alkyl halides is 3. The van der Waals surface area contributed by atoms with Gasteiger partial charge in [-0.3, -0.25) is 0 Å². The Kier molecular flexibility index (Phi) is 5.55. The largest absolute Gasteiger partial charge is 0.393 e. The molecule has 1 rings (SSSR count). The predicted molar refractivity (Wildman–Crippen MR) is 54.1 cm³/mol. The monoisotopic (exact) mass is 240 g/mol. The minimum absolute atomic E-state index is 0.185. The van der Waals surface area contributed by atoms with Crippen LogP contribution in [-0.2, 0) is 4.74 Å². The van der Waals surface area contributed by atoms with Gasteiger partial charge in [-0.2, -0.15) is 13.2 Å². The highest BCUT2D eigenvalue weighted by atomic mass is 19.4. The molecule has 2 atom stereocenters. The third kappa shape index (κ3) is 6.33. The molecule has 0 radical (unpaired) electrons. The molecular weight excluding hydrogens is 221 g/mol. The van der Waals surface area contributed by atoms with Crippen LogP contribution in [0.15, 0.2) is 0 Å². The molecule has 1 fully saturated rings. The van der Waals surface area contributed by atoms with Crippen LogP contribution in [0.1, 0.15) is 44.9 Å². The average molecular weight is 240 g/mol. The van der Waals surface area contributed by atoms with Gasteiger partial charge in [0.25, 0.3) is 0 Å². The molecule has 96 valence electrons. The van der Waals surface area contributed by atoms with Crippen molar-refractivity contribution >= 4 is 0 Å². The Hall–Kier alpha value is -0.290. The Morgan fingerprint density at radius 3 is 2.62 bits per heavy atom. The number of aliphatic hydroxyl groups is 1. The molecule has 1 aliphatic heterocycles. The highest BCUT2D eigenvalue weighted by molar-refractivity contribution is 4.67. The zero-order chi connectivity index (χ0) is 12.0. The Balaban J connectivity index is 1.99. The van der Waals surface area contributed by atoms with Crippen molar-refractivity contribution in [2.45, 2.75) is 63.3 Å². The van der Waals surface area contributed by atoms with Gasteiger partial charge in [0.15, 0.2) is 0 Å². The molecule has 16 heavy (non-hydrogen) atoms. The smallest absolute Gasteiger partial charge is 0.389 e. The van der Waals surface area contributed by atoms with Gasteiger partial charge in [-0.05, 0) is 38.5 Å². The molecule has 0 aromatic heterocycles. The Morgan fingerprint density at radius 2 is 2.06 bits per heavy atom. The maximum atomic E-state index is 11.9. The van der Waals surface area contributed by atoms with E-state index in [1.54, 1.807) is 0 Å². The second-order valence-corrected chi connectivity index (χ2v) is 4.37. The molecule has 5 heteroatoms. The summed E-state index contributed by atoms with van der Waals surface area (Å²) in [7, 11) is 0. The van der Waals surface area contributed by atoms with Crippen molar-refractivity contribution < 1.29 is 23.0 Å². The zero-order valence-electron chi connectivity index (χ0n) is 9.30. The molecule has 1 N–H and O–H groups in total. The third-order valence-electron chi connectivity index (χ3n) is 2.85. The molecule has 0 spiro atoms. The lowest BCUT2D eigenvalue weighted by Gasteiger charge is -2.13. The van der Waals surface area contributed by atoms with Crippen LogP contribution in [0.4, 0.5) is 13.2 Å². The van der Waals surface area contributed by atoms with Crippen molar-refractivity contribution in [2.75, 3.05) is 6.61 Å². The van der Waals surface area contributed by atoms with Crippen LogP contribution in [0, 0.1) is 0 Å². The van der Waals surface area contributed by atoms with Gasteiger partial charge >= 0.3 is 6.18 Å². The van der Waals surface area contributed by atoms with Crippen LogP contribution in [0.5, 0.6) is 0 Å². The molecular formula is C11H19F3O2. The molecule has 0 aromatic rings. The van der Waals surface area contributed by atoms with E-state index in [9.17, 15) is 18.3 Å². The average Bonchev–Trinajstić information content (AvgIpc) is 2.66. The Labute approximate surface area is 93.8 Å². The van der Waals surface area contributed by atoms with E-state index in [1.807, 2.05) is 0 Å². The number of rotatable bonds is 6. The molecule has 1 aliphatic rings. The highest BCUT2D eigenvalue weighted by Gasteiger charge is 2.27. The Bertz CT molecular complexity index is 188. The first kappa shape index (κ1) is 13.8. The van der Waals surface area contributed by atoms with Crippen molar-refractivity contribution in [1.29, 1.82) is 0 Å². The molecule has 0 saturated carbocycles. The second-order valence-electron chi connectivity index (χ2n) is 4.37. The van der Waals surface area contributed by atoms with Crippen molar-refractivity contribution in [3.05, 3.63) is 0 Å². The number of hydrogen-bond acceptors (Lipinski definition) is 2. The number of halogens is 3. The fraction of sp³-hybridized carbons (Fsp3) is 1.00. The van der Waals surface area contributed by atoms with E-state index in [-0.39, 0.29) is 12.5 Å². The van der Waals surface area contributed by atoms with Crippen LogP contribution in [0.3, 0.4) is 0 Å². The topological polar surface area (TPSA) is 29.5 Å². The summed E-state index contributed by atoms with van der Waals surface area (Å²) in [5, 5.41) is 9.35. The first-order chi connectivity index (χ1) is 7.47. The maximum absolute atomic E-state index is 11.9. The van der Waals surface area contributed by atoms with Gasteiger partial charge in [0, 0.05) is 13.0 Å². The maximum Gasteiger partial charge on any atom is 0.389 e. The highest BCUT2D eigenvalue weighted by Crippen LogP contribution is 2.24. The minimum Gasteiger partial charge on any atom is -0.393 e. The van der Waals surface area contributed by atoms with Gasteiger partial charge in [-0.25, -0.2) is 0 Å². The van der Waals surface area contributed by atoms with Crippen molar-refractivity contribution in [2.24, 2.45) is 0 Å². The van der Waals surface area contributed by atoms with E-state index in [4.69, 9.17) is 4.74 Å². The van der Waals surface area contributed by atoms with Crippen LogP contribution < -0.4 is 0 Å². The van der Waals surface area contributed by atoms with Crippen LogP contribution >= 0.6 is 0 Å². The summed E-state index contributed by atoms with van der Waals surface area (Å²) in [6, 6.07) is 0. The summed E-state index contributed by atoms with van der Waals surface area (Å²) in [6.07, 6.45) is -1.67. The summed E-state index contributed by atoms with van der Waals surface area (Å²) < 4.78 is 40.9. The summed E-state index contributed by atoms with van der Waals surface area (Å²) in [5.74, 6) is 0. The normalized spacial score (nSPS) is 23.6. The van der Waals surface area contributed by atoms with Gasteiger partial charge < -0.3 is 9.84 Å². The first-order valence-electron chi connectivity index (χ1n) is 5.84. The summed E-state index contributed by atoms with van der Waals surface area (Å²) in [5.41, 5.74) is 0. The molecule has 0 aliphatic carbocycles. The lowest BCUT2D eigenvalue weighted by Crippen LogP contribution is -2.15. The third-order valence-corrected chi connectivity index (χ3v) is 2.85. The van der Waals surface area contributed by atoms with Crippen molar-refractivity contribution in [3.8, 4) is 0 Å². The van der Waals surface area contributed by atoms with E-state index < -0.39 is 18.7 Å². The first-order valence-corrected chi connectivity index (χ1v) is 5.84.